The molecular weight excluding hydrogens is 666 g/mol. The second-order valence-electron chi connectivity index (χ2n) is 10.3. The fraction of sp³-hybridized carbons (Fsp3) is 0.139. The normalized spacial score (nSPS) is 11.0. The Bertz CT molecular complexity index is 2180. The molecule has 0 amide bonds. The van der Waals surface area contributed by atoms with Gasteiger partial charge in [-0.3, -0.25) is 0 Å². The van der Waals surface area contributed by atoms with Crippen molar-refractivity contribution >= 4 is 74.7 Å². The summed E-state index contributed by atoms with van der Waals surface area (Å²) in [6, 6.07) is 18.0. The van der Waals surface area contributed by atoms with Gasteiger partial charge >= 0.3 is 0 Å². The van der Waals surface area contributed by atoms with E-state index < -0.39 is 0 Å². The van der Waals surface area contributed by atoms with Crippen LogP contribution in [-0.4, -0.2) is 8.75 Å². The zero-order valence-corrected chi connectivity index (χ0v) is 28.0. The van der Waals surface area contributed by atoms with E-state index in [-0.39, 0.29) is 11.6 Å². The van der Waals surface area contributed by atoms with Crippen LogP contribution in [0.4, 0.5) is 8.78 Å². The molecule has 0 N–H and O–H groups in total. The summed E-state index contributed by atoms with van der Waals surface area (Å²) in [5, 5.41) is 0.673. The zero-order chi connectivity index (χ0) is 31.5. The lowest BCUT2D eigenvalue weighted by Crippen LogP contribution is -1.89. The molecule has 0 fully saturated rings. The number of aromatic nitrogens is 2. The van der Waals surface area contributed by atoms with Gasteiger partial charge in [0, 0.05) is 41.8 Å². The Kier molecular flexibility index (Phi) is 9.63. The summed E-state index contributed by atoms with van der Waals surface area (Å²) in [5.74, 6) is -0.604. The van der Waals surface area contributed by atoms with Crippen LogP contribution in [0, 0.1) is 11.6 Å². The molecule has 3 aromatic carbocycles. The minimum atomic E-state index is -0.363. The number of unbranched alkanes of at least 4 members (excludes halogenated alkanes) is 2. The second-order valence-corrected chi connectivity index (χ2v) is 13.7. The van der Waals surface area contributed by atoms with Crippen LogP contribution in [-0.2, 0) is 6.42 Å². The van der Waals surface area contributed by atoms with Crippen LogP contribution in [0.25, 0.3) is 58.9 Å². The molecule has 2 nitrogen and oxygen atoms in total. The van der Waals surface area contributed by atoms with Crippen LogP contribution in [0.5, 0.6) is 0 Å². The summed E-state index contributed by atoms with van der Waals surface area (Å²) >= 11 is 17.8. The van der Waals surface area contributed by atoms with Crippen LogP contribution in [0.2, 0.25) is 10.0 Å². The molecule has 45 heavy (non-hydrogen) atoms. The standard InChI is InChI=1S/C36H24Cl2F2N2S3/c1-3-5-7-9-21-11-13-23(25(39)19-21)27-15-17-29(43-27)31-33(37)34(38)32(36-35(31)41-45-42-36)30-18-16-28(44-30)24-14-12-22(20-26(24)40)10-8-6-4-2/h9,11-20H,1,4,6,8,10H2,2H3. The van der Waals surface area contributed by atoms with E-state index in [1.54, 1.807) is 24.3 Å². The summed E-state index contributed by atoms with van der Waals surface area (Å²) < 4.78 is 39.5. The third-order valence-corrected chi connectivity index (χ3v) is 11.0. The van der Waals surface area contributed by atoms with E-state index in [0.717, 1.165) is 62.5 Å². The van der Waals surface area contributed by atoms with E-state index in [4.69, 9.17) is 23.2 Å². The van der Waals surface area contributed by atoms with Crippen molar-refractivity contribution in [3.8, 4) is 41.8 Å². The van der Waals surface area contributed by atoms with Gasteiger partial charge in [0.1, 0.15) is 22.7 Å². The number of nitrogens with zero attached hydrogens (tertiary/aromatic N) is 2. The molecule has 6 aromatic rings. The Balaban J connectivity index is 1.35. The van der Waals surface area contributed by atoms with E-state index in [9.17, 15) is 0 Å². The molecule has 224 valence electrons. The largest absolute Gasteiger partial charge is 0.206 e. The van der Waals surface area contributed by atoms with Crippen LogP contribution >= 0.6 is 57.6 Å². The number of rotatable bonds is 9. The fourth-order valence-corrected chi connectivity index (χ4v) is 8.53. The molecule has 0 atom stereocenters. The van der Waals surface area contributed by atoms with Gasteiger partial charge in [-0.05, 0) is 84.8 Å². The lowest BCUT2D eigenvalue weighted by atomic mass is 10.0. The Labute approximate surface area is 282 Å². The van der Waals surface area contributed by atoms with Crippen molar-refractivity contribution in [2.75, 3.05) is 0 Å². The highest BCUT2D eigenvalue weighted by Crippen LogP contribution is 2.50. The molecule has 9 heteroatoms. The van der Waals surface area contributed by atoms with Gasteiger partial charge in [0.2, 0.25) is 0 Å². The van der Waals surface area contributed by atoms with Gasteiger partial charge < -0.3 is 0 Å². The number of fused-ring (bicyclic) bond motifs is 1. The zero-order valence-electron chi connectivity index (χ0n) is 24.0. The molecule has 6 rings (SSSR count). The first kappa shape index (κ1) is 31.4. The van der Waals surface area contributed by atoms with E-state index in [0.29, 0.717) is 48.9 Å². The lowest BCUT2D eigenvalue weighted by molar-refractivity contribution is 0.627. The molecular formula is C36H24Cl2F2N2S3. The van der Waals surface area contributed by atoms with Crippen molar-refractivity contribution < 1.29 is 8.78 Å². The van der Waals surface area contributed by atoms with Gasteiger partial charge in [-0.2, -0.15) is 8.75 Å². The predicted octanol–water partition coefficient (Wildman–Crippen LogP) is 12.9. The summed E-state index contributed by atoms with van der Waals surface area (Å²) in [6.07, 6.45) is 5.78. The molecule has 0 aliphatic carbocycles. The van der Waals surface area contributed by atoms with Crippen molar-refractivity contribution in [3.05, 3.63) is 117 Å². The lowest BCUT2D eigenvalue weighted by Gasteiger charge is -2.10. The van der Waals surface area contributed by atoms with Crippen LogP contribution in [0.15, 0.2) is 84.4 Å². The molecule has 3 heterocycles. The Morgan fingerprint density at radius 2 is 1.36 bits per heavy atom. The van der Waals surface area contributed by atoms with Gasteiger partial charge in [0.05, 0.1) is 21.8 Å². The molecule has 0 spiro atoms. The SMILES string of the molecule is C=C=C=C=Cc1ccc(-c2ccc(-c3c(Cl)c(Cl)c(-c4ccc(-c5ccc(CCCCC)cc5F)s4)c4nsnc34)s2)c(F)c1. The number of thiophene rings is 2. The monoisotopic (exact) mass is 688 g/mol. The van der Waals surface area contributed by atoms with E-state index >= 15 is 8.78 Å². The minimum absolute atomic E-state index is 0.241. The molecule has 0 unspecified atom stereocenters. The topological polar surface area (TPSA) is 25.8 Å². The Morgan fingerprint density at radius 3 is 1.91 bits per heavy atom. The van der Waals surface area contributed by atoms with Crippen molar-refractivity contribution in [1.29, 1.82) is 0 Å². The number of halogens is 4. The highest BCUT2D eigenvalue weighted by atomic mass is 35.5. The molecule has 0 bridgehead atoms. The van der Waals surface area contributed by atoms with Crippen molar-refractivity contribution in [1.82, 2.24) is 8.75 Å². The molecule has 3 aromatic heterocycles. The quantitative estimate of drug-likeness (QED) is 0.112. The number of hydrogen-bond donors (Lipinski definition) is 0. The van der Waals surface area contributed by atoms with Crippen molar-refractivity contribution in [3.63, 3.8) is 0 Å². The van der Waals surface area contributed by atoms with Crippen LogP contribution in [0.3, 0.4) is 0 Å². The molecule has 0 saturated heterocycles. The molecule has 0 radical (unpaired) electrons. The maximum Gasteiger partial charge on any atom is 0.132 e. The molecule has 0 saturated carbocycles. The summed E-state index contributed by atoms with van der Waals surface area (Å²) in [4.78, 5) is 3.12. The maximum atomic E-state index is 15.2. The molecule has 0 aliphatic rings. The van der Waals surface area contributed by atoms with Crippen LogP contribution < -0.4 is 0 Å². The summed E-state index contributed by atoms with van der Waals surface area (Å²) in [5.41, 5.74) is 13.0. The van der Waals surface area contributed by atoms with E-state index in [1.807, 2.05) is 36.4 Å². The smallest absolute Gasteiger partial charge is 0.132 e. The highest BCUT2D eigenvalue weighted by Gasteiger charge is 2.25. The van der Waals surface area contributed by atoms with E-state index in [1.165, 1.54) is 28.7 Å². The third kappa shape index (κ3) is 6.41. The van der Waals surface area contributed by atoms with Gasteiger partial charge in [-0.15, -0.1) is 22.7 Å². The number of benzene rings is 3. The van der Waals surface area contributed by atoms with Gasteiger partial charge in [0.15, 0.2) is 0 Å². The first-order valence-corrected chi connectivity index (χ1v) is 17.3. The van der Waals surface area contributed by atoms with Crippen molar-refractivity contribution in [2.24, 2.45) is 0 Å². The fourth-order valence-electron chi connectivity index (χ4n) is 5.11. The number of hydrogen-bond acceptors (Lipinski definition) is 5. The van der Waals surface area contributed by atoms with Crippen molar-refractivity contribution in [2.45, 2.75) is 32.6 Å². The van der Waals surface area contributed by atoms with Gasteiger partial charge in [0.25, 0.3) is 0 Å². The maximum absolute atomic E-state index is 15.2. The average molecular weight is 690 g/mol. The Hall–Kier alpha value is -3.60. The second kappa shape index (κ2) is 13.8. The minimum Gasteiger partial charge on any atom is -0.206 e. The molecule has 0 aliphatic heterocycles. The Morgan fingerprint density at radius 1 is 0.778 bits per heavy atom. The van der Waals surface area contributed by atoms with Gasteiger partial charge in [-0.1, -0.05) is 72.6 Å². The summed E-state index contributed by atoms with van der Waals surface area (Å²) in [7, 11) is 0. The first-order chi connectivity index (χ1) is 21.9. The summed E-state index contributed by atoms with van der Waals surface area (Å²) in [6.45, 7) is 5.59. The predicted molar refractivity (Wildman–Crippen MR) is 189 cm³/mol. The number of aryl methyl sites for hydroxylation is 1. The third-order valence-electron chi connectivity index (χ3n) is 7.32. The first-order valence-electron chi connectivity index (χ1n) is 14.2. The van der Waals surface area contributed by atoms with Gasteiger partial charge in [-0.25, -0.2) is 8.78 Å². The highest BCUT2D eigenvalue weighted by molar-refractivity contribution is 7.19. The van der Waals surface area contributed by atoms with E-state index in [2.05, 4.69) is 39.4 Å². The van der Waals surface area contributed by atoms with Crippen LogP contribution in [0.1, 0.15) is 37.3 Å². The average Bonchev–Trinajstić information content (AvgIpc) is 3.81.